The number of ether oxygens (including phenoxy) is 1. The highest BCUT2D eigenvalue weighted by atomic mass is 16.5. The molecule has 0 aliphatic carbocycles. The number of fused-ring (bicyclic) bond motifs is 1. The number of nitrogens with one attached hydrogen (secondary N) is 2. The Balaban J connectivity index is 2.32. The molecule has 2 rings (SSSR count). The minimum absolute atomic E-state index is 0.916. The maximum absolute atomic E-state index is 5.17. The molecule has 0 saturated carbocycles. The largest absolute Gasteiger partial charge is 0.497 e. The standard InChI is InChI=1S/C10H14N2O/c1-13-9-2-3-10-8(6-9)7-11-4-5-12-10/h2-3,6,11-12H,4-5,7H2,1H3. The fourth-order valence-electron chi connectivity index (χ4n) is 1.52. The molecule has 0 bridgehead atoms. The summed E-state index contributed by atoms with van der Waals surface area (Å²) in [5.41, 5.74) is 2.49. The second-order valence-corrected chi connectivity index (χ2v) is 3.13. The van der Waals surface area contributed by atoms with Gasteiger partial charge in [0.25, 0.3) is 0 Å². The lowest BCUT2D eigenvalue weighted by Crippen LogP contribution is -2.16. The third-order valence-corrected chi connectivity index (χ3v) is 2.25. The Morgan fingerprint density at radius 3 is 3.08 bits per heavy atom. The Bertz CT molecular complexity index is 299. The average molecular weight is 178 g/mol. The Morgan fingerprint density at radius 1 is 1.31 bits per heavy atom. The van der Waals surface area contributed by atoms with Crippen molar-refractivity contribution in [3.8, 4) is 5.75 Å². The summed E-state index contributed by atoms with van der Waals surface area (Å²) in [6.07, 6.45) is 0. The summed E-state index contributed by atoms with van der Waals surface area (Å²) in [7, 11) is 1.69. The summed E-state index contributed by atoms with van der Waals surface area (Å²) < 4.78 is 5.17. The number of anilines is 1. The van der Waals surface area contributed by atoms with E-state index in [2.05, 4.69) is 22.8 Å². The van der Waals surface area contributed by atoms with Crippen LogP contribution < -0.4 is 15.4 Å². The van der Waals surface area contributed by atoms with Crippen LogP contribution in [0.2, 0.25) is 0 Å². The van der Waals surface area contributed by atoms with Gasteiger partial charge in [0.15, 0.2) is 0 Å². The quantitative estimate of drug-likeness (QED) is 0.678. The van der Waals surface area contributed by atoms with E-state index in [9.17, 15) is 0 Å². The van der Waals surface area contributed by atoms with Gasteiger partial charge in [-0.25, -0.2) is 0 Å². The van der Waals surface area contributed by atoms with Gasteiger partial charge in [-0.1, -0.05) is 0 Å². The molecule has 2 N–H and O–H groups in total. The van der Waals surface area contributed by atoms with Crippen LogP contribution in [-0.2, 0) is 6.54 Å². The number of rotatable bonds is 1. The van der Waals surface area contributed by atoms with Gasteiger partial charge in [-0.3, -0.25) is 0 Å². The van der Waals surface area contributed by atoms with Crippen molar-refractivity contribution >= 4 is 5.69 Å². The van der Waals surface area contributed by atoms with E-state index in [0.717, 1.165) is 25.4 Å². The highest BCUT2D eigenvalue weighted by molar-refractivity contribution is 5.54. The smallest absolute Gasteiger partial charge is 0.119 e. The van der Waals surface area contributed by atoms with E-state index >= 15 is 0 Å². The van der Waals surface area contributed by atoms with E-state index in [1.165, 1.54) is 11.3 Å². The van der Waals surface area contributed by atoms with Crippen LogP contribution in [-0.4, -0.2) is 20.2 Å². The summed E-state index contributed by atoms with van der Waals surface area (Å²) in [5, 5.41) is 6.70. The molecule has 0 spiro atoms. The van der Waals surface area contributed by atoms with Gasteiger partial charge in [-0.2, -0.15) is 0 Å². The molecule has 0 unspecified atom stereocenters. The van der Waals surface area contributed by atoms with Crippen LogP contribution in [0.5, 0.6) is 5.75 Å². The normalized spacial score (nSPS) is 15.5. The van der Waals surface area contributed by atoms with E-state index < -0.39 is 0 Å². The number of benzene rings is 1. The lowest BCUT2D eigenvalue weighted by atomic mass is 10.1. The molecular formula is C10H14N2O. The van der Waals surface area contributed by atoms with Crippen LogP contribution in [0, 0.1) is 0 Å². The first-order valence-corrected chi connectivity index (χ1v) is 4.51. The second-order valence-electron chi connectivity index (χ2n) is 3.13. The van der Waals surface area contributed by atoms with Gasteiger partial charge in [0.2, 0.25) is 0 Å². The molecule has 3 nitrogen and oxygen atoms in total. The van der Waals surface area contributed by atoms with Crippen molar-refractivity contribution in [1.29, 1.82) is 0 Å². The zero-order valence-corrected chi connectivity index (χ0v) is 7.76. The first kappa shape index (κ1) is 8.38. The van der Waals surface area contributed by atoms with E-state index in [1.807, 2.05) is 6.07 Å². The minimum Gasteiger partial charge on any atom is -0.497 e. The van der Waals surface area contributed by atoms with Crippen LogP contribution in [0.3, 0.4) is 0 Å². The molecule has 13 heavy (non-hydrogen) atoms. The maximum Gasteiger partial charge on any atom is 0.119 e. The molecule has 70 valence electrons. The molecule has 1 aromatic rings. The Kier molecular flexibility index (Phi) is 2.36. The SMILES string of the molecule is COc1ccc2c(c1)CNCCN2. The summed E-state index contributed by atoms with van der Waals surface area (Å²) in [5.74, 6) is 0.921. The molecular weight excluding hydrogens is 164 g/mol. The third-order valence-electron chi connectivity index (χ3n) is 2.25. The summed E-state index contributed by atoms with van der Waals surface area (Å²) in [4.78, 5) is 0. The van der Waals surface area contributed by atoms with Crippen LogP contribution in [0.25, 0.3) is 0 Å². The van der Waals surface area contributed by atoms with Gasteiger partial charge >= 0.3 is 0 Å². The first-order valence-electron chi connectivity index (χ1n) is 4.51. The summed E-state index contributed by atoms with van der Waals surface area (Å²) in [6.45, 7) is 2.91. The molecule has 0 radical (unpaired) electrons. The fraction of sp³-hybridized carbons (Fsp3) is 0.400. The van der Waals surface area contributed by atoms with E-state index in [-0.39, 0.29) is 0 Å². The van der Waals surface area contributed by atoms with Gasteiger partial charge < -0.3 is 15.4 Å². The molecule has 1 aromatic carbocycles. The van der Waals surface area contributed by atoms with E-state index in [0.29, 0.717) is 0 Å². The second kappa shape index (κ2) is 3.66. The number of hydrogen-bond acceptors (Lipinski definition) is 3. The van der Waals surface area contributed by atoms with Crippen LogP contribution in [0.15, 0.2) is 18.2 Å². The van der Waals surface area contributed by atoms with E-state index in [4.69, 9.17) is 4.74 Å². The monoisotopic (exact) mass is 178 g/mol. The topological polar surface area (TPSA) is 33.3 Å². The van der Waals surface area contributed by atoms with Gasteiger partial charge in [0.05, 0.1) is 7.11 Å². The zero-order valence-electron chi connectivity index (χ0n) is 7.76. The van der Waals surface area contributed by atoms with Gasteiger partial charge in [0.1, 0.15) is 5.75 Å². The van der Waals surface area contributed by atoms with Crippen LogP contribution in [0.1, 0.15) is 5.56 Å². The van der Waals surface area contributed by atoms with Crippen molar-refractivity contribution < 1.29 is 4.74 Å². The number of hydrogen-bond donors (Lipinski definition) is 2. The molecule has 1 heterocycles. The van der Waals surface area contributed by atoms with Crippen LogP contribution in [0.4, 0.5) is 5.69 Å². The highest BCUT2D eigenvalue weighted by Gasteiger charge is 2.06. The third kappa shape index (κ3) is 1.75. The van der Waals surface area contributed by atoms with Gasteiger partial charge in [0, 0.05) is 25.3 Å². The van der Waals surface area contributed by atoms with Gasteiger partial charge in [-0.15, -0.1) is 0 Å². The average Bonchev–Trinajstić information content (AvgIpc) is 2.41. The molecule has 0 amide bonds. The van der Waals surface area contributed by atoms with Crippen molar-refractivity contribution in [2.24, 2.45) is 0 Å². The molecule has 0 aromatic heterocycles. The lowest BCUT2D eigenvalue weighted by molar-refractivity contribution is 0.414. The van der Waals surface area contributed by atoms with Crippen molar-refractivity contribution in [3.63, 3.8) is 0 Å². The lowest BCUT2D eigenvalue weighted by Gasteiger charge is -2.08. The number of methoxy groups -OCH3 is 1. The predicted molar refractivity (Wildman–Crippen MR) is 53.2 cm³/mol. The molecule has 3 heteroatoms. The Hall–Kier alpha value is -1.22. The molecule has 0 atom stereocenters. The maximum atomic E-state index is 5.17. The van der Waals surface area contributed by atoms with Crippen molar-refractivity contribution in [1.82, 2.24) is 5.32 Å². The minimum atomic E-state index is 0.916. The Morgan fingerprint density at radius 2 is 2.23 bits per heavy atom. The van der Waals surface area contributed by atoms with E-state index in [1.54, 1.807) is 7.11 Å². The zero-order chi connectivity index (χ0) is 9.10. The van der Waals surface area contributed by atoms with Crippen molar-refractivity contribution in [3.05, 3.63) is 23.8 Å². The first-order chi connectivity index (χ1) is 6.40. The van der Waals surface area contributed by atoms with Gasteiger partial charge in [-0.05, 0) is 23.8 Å². The molecule has 1 aliphatic rings. The molecule has 0 fully saturated rings. The Labute approximate surface area is 78.1 Å². The van der Waals surface area contributed by atoms with Crippen LogP contribution >= 0.6 is 0 Å². The fourth-order valence-corrected chi connectivity index (χ4v) is 1.52. The molecule has 0 saturated heterocycles. The highest BCUT2D eigenvalue weighted by Crippen LogP contribution is 2.22. The predicted octanol–water partition coefficient (Wildman–Crippen LogP) is 1.21. The summed E-state index contributed by atoms with van der Waals surface area (Å²) in [6, 6.07) is 6.12. The van der Waals surface area contributed by atoms with Crippen molar-refractivity contribution in [2.45, 2.75) is 6.54 Å². The van der Waals surface area contributed by atoms with Crippen molar-refractivity contribution in [2.75, 3.05) is 25.5 Å². The summed E-state index contributed by atoms with van der Waals surface area (Å²) >= 11 is 0. The molecule has 1 aliphatic heterocycles.